The Hall–Kier alpha value is -1.56. The topological polar surface area (TPSA) is 68.3 Å². The van der Waals surface area contributed by atoms with Crippen molar-refractivity contribution in [2.45, 2.75) is 13.5 Å². The first-order chi connectivity index (χ1) is 7.65. The van der Waals surface area contributed by atoms with Gasteiger partial charge in [0.1, 0.15) is 0 Å². The van der Waals surface area contributed by atoms with E-state index in [4.69, 9.17) is 8.94 Å². The summed E-state index contributed by atoms with van der Waals surface area (Å²) >= 11 is 3.12. The van der Waals surface area contributed by atoms with Crippen molar-refractivity contribution in [3.63, 3.8) is 0 Å². The van der Waals surface area contributed by atoms with E-state index in [0.717, 1.165) is 5.69 Å². The van der Waals surface area contributed by atoms with Crippen molar-refractivity contribution < 1.29 is 13.7 Å². The minimum atomic E-state index is -0.292. The summed E-state index contributed by atoms with van der Waals surface area (Å²) in [5, 5.41) is 6.37. The van der Waals surface area contributed by atoms with Crippen molar-refractivity contribution in [3.8, 4) is 0 Å². The molecule has 1 amide bonds. The summed E-state index contributed by atoms with van der Waals surface area (Å²) < 4.78 is 10.6. The average molecular weight is 285 g/mol. The van der Waals surface area contributed by atoms with Crippen LogP contribution in [-0.2, 0) is 6.54 Å². The van der Waals surface area contributed by atoms with Gasteiger partial charge in [-0.25, -0.2) is 0 Å². The second-order valence-corrected chi connectivity index (χ2v) is 4.00. The number of nitrogens with zero attached hydrogens (tertiary/aromatic N) is 1. The average Bonchev–Trinajstić information content (AvgIpc) is 2.84. The predicted molar refractivity (Wildman–Crippen MR) is 58.8 cm³/mol. The number of carbonyl (C=O) groups excluding carboxylic acids is 1. The number of aryl methyl sites for hydroxylation is 1. The molecule has 84 valence electrons. The van der Waals surface area contributed by atoms with E-state index >= 15 is 0 Å². The standard InChI is InChI=1S/C10H9BrN2O3/c1-6-4-7(16-13-6)5-12-10(14)8-2-3-9(11)15-8/h2-4H,5H2,1H3,(H,12,14). The van der Waals surface area contributed by atoms with Crippen molar-refractivity contribution in [2.75, 3.05) is 0 Å². The van der Waals surface area contributed by atoms with Gasteiger partial charge in [-0.2, -0.15) is 0 Å². The second-order valence-electron chi connectivity index (χ2n) is 3.22. The van der Waals surface area contributed by atoms with E-state index < -0.39 is 0 Å². The minimum absolute atomic E-state index is 0.253. The lowest BCUT2D eigenvalue weighted by atomic mass is 10.3. The Bertz CT molecular complexity index is 504. The summed E-state index contributed by atoms with van der Waals surface area (Å²) in [5.41, 5.74) is 0.782. The van der Waals surface area contributed by atoms with Crippen LogP contribution in [0, 0.1) is 6.92 Å². The molecular formula is C10H9BrN2O3. The maximum absolute atomic E-state index is 11.6. The Morgan fingerprint density at radius 2 is 2.38 bits per heavy atom. The molecule has 0 aliphatic rings. The van der Waals surface area contributed by atoms with E-state index in [0.29, 0.717) is 10.4 Å². The van der Waals surface area contributed by atoms with Gasteiger partial charge in [0, 0.05) is 6.07 Å². The molecule has 2 heterocycles. The molecular weight excluding hydrogens is 276 g/mol. The molecule has 2 rings (SSSR count). The van der Waals surface area contributed by atoms with Crippen LogP contribution in [-0.4, -0.2) is 11.1 Å². The summed E-state index contributed by atoms with van der Waals surface area (Å²) in [5.74, 6) is 0.569. The number of carbonyl (C=O) groups is 1. The summed E-state index contributed by atoms with van der Waals surface area (Å²) in [6, 6.07) is 5.01. The highest BCUT2D eigenvalue weighted by Gasteiger charge is 2.10. The van der Waals surface area contributed by atoms with Crippen molar-refractivity contribution in [2.24, 2.45) is 0 Å². The van der Waals surface area contributed by atoms with Gasteiger partial charge in [0.05, 0.1) is 12.2 Å². The minimum Gasteiger partial charge on any atom is -0.444 e. The molecule has 2 aromatic heterocycles. The molecule has 1 N–H and O–H groups in total. The maximum Gasteiger partial charge on any atom is 0.287 e. The van der Waals surface area contributed by atoms with Crippen LogP contribution in [0.3, 0.4) is 0 Å². The van der Waals surface area contributed by atoms with E-state index in [2.05, 4.69) is 26.4 Å². The number of amides is 1. The Labute approximate surface area is 99.9 Å². The number of halogens is 1. The number of nitrogens with one attached hydrogen (secondary N) is 1. The van der Waals surface area contributed by atoms with Crippen LogP contribution in [0.25, 0.3) is 0 Å². The fourth-order valence-electron chi connectivity index (χ4n) is 1.19. The first-order valence-electron chi connectivity index (χ1n) is 4.61. The first-order valence-corrected chi connectivity index (χ1v) is 5.40. The number of hydrogen-bond acceptors (Lipinski definition) is 4. The second kappa shape index (κ2) is 4.52. The molecule has 0 saturated heterocycles. The van der Waals surface area contributed by atoms with Gasteiger partial charge in [0.2, 0.25) is 0 Å². The summed E-state index contributed by atoms with van der Waals surface area (Å²) in [6.45, 7) is 2.11. The number of rotatable bonds is 3. The molecule has 0 aromatic carbocycles. The highest BCUT2D eigenvalue weighted by atomic mass is 79.9. The predicted octanol–water partition coefficient (Wildman–Crippen LogP) is 2.27. The first kappa shape index (κ1) is 10.9. The Kier molecular flexibility index (Phi) is 3.09. The molecule has 2 aromatic rings. The lowest BCUT2D eigenvalue weighted by molar-refractivity contribution is 0.0918. The molecule has 5 nitrogen and oxygen atoms in total. The number of hydrogen-bond donors (Lipinski definition) is 1. The third kappa shape index (κ3) is 2.52. The van der Waals surface area contributed by atoms with Crippen LogP contribution >= 0.6 is 15.9 Å². The van der Waals surface area contributed by atoms with Gasteiger partial charge in [-0.05, 0) is 35.0 Å². The van der Waals surface area contributed by atoms with Gasteiger partial charge in [-0.3, -0.25) is 4.79 Å². The van der Waals surface area contributed by atoms with Crippen molar-refractivity contribution in [1.29, 1.82) is 0 Å². The van der Waals surface area contributed by atoms with Crippen molar-refractivity contribution >= 4 is 21.8 Å². The molecule has 0 saturated carbocycles. The molecule has 0 aliphatic heterocycles. The fourth-order valence-corrected chi connectivity index (χ4v) is 1.50. The SMILES string of the molecule is Cc1cc(CNC(=O)c2ccc(Br)o2)on1. The van der Waals surface area contributed by atoms with E-state index in [-0.39, 0.29) is 18.2 Å². The molecule has 0 unspecified atom stereocenters. The van der Waals surface area contributed by atoms with E-state index in [1.807, 2.05) is 6.92 Å². The maximum atomic E-state index is 11.6. The summed E-state index contributed by atoms with van der Waals surface area (Å²) in [7, 11) is 0. The Balaban J connectivity index is 1.93. The van der Waals surface area contributed by atoms with Gasteiger partial charge in [-0.15, -0.1) is 0 Å². The molecule has 0 bridgehead atoms. The van der Waals surface area contributed by atoms with Crippen LogP contribution in [0.1, 0.15) is 22.0 Å². The quantitative estimate of drug-likeness (QED) is 0.939. The van der Waals surface area contributed by atoms with Crippen LogP contribution < -0.4 is 5.32 Å². The molecule has 0 spiro atoms. The van der Waals surface area contributed by atoms with Crippen LogP contribution in [0.5, 0.6) is 0 Å². The van der Waals surface area contributed by atoms with Crippen molar-refractivity contribution in [3.05, 3.63) is 40.1 Å². The highest BCUT2D eigenvalue weighted by Crippen LogP contribution is 2.13. The van der Waals surface area contributed by atoms with E-state index in [1.54, 1.807) is 18.2 Å². The third-order valence-corrected chi connectivity index (χ3v) is 2.32. The van der Waals surface area contributed by atoms with E-state index in [1.165, 1.54) is 0 Å². The Morgan fingerprint density at radius 1 is 1.56 bits per heavy atom. The monoisotopic (exact) mass is 284 g/mol. The largest absolute Gasteiger partial charge is 0.444 e. The van der Waals surface area contributed by atoms with Crippen LogP contribution in [0.2, 0.25) is 0 Å². The fraction of sp³-hybridized carbons (Fsp3) is 0.200. The smallest absolute Gasteiger partial charge is 0.287 e. The zero-order valence-corrected chi connectivity index (χ0v) is 10.1. The zero-order chi connectivity index (χ0) is 11.5. The zero-order valence-electron chi connectivity index (χ0n) is 8.49. The molecule has 16 heavy (non-hydrogen) atoms. The molecule has 0 radical (unpaired) electrons. The van der Waals surface area contributed by atoms with E-state index in [9.17, 15) is 4.79 Å². The van der Waals surface area contributed by atoms with Gasteiger partial charge in [0.15, 0.2) is 16.2 Å². The van der Waals surface area contributed by atoms with Crippen LogP contribution in [0.4, 0.5) is 0 Å². The molecule has 0 aliphatic carbocycles. The number of furan rings is 1. The normalized spacial score (nSPS) is 10.4. The van der Waals surface area contributed by atoms with Gasteiger partial charge < -0.3 is 14.3 Å². The van der Waals surface area contributed by atoms with Gasteiger partial charge >= 0.3 is 0 Å². The van der Waals surface area contributed by atoms with Crippen molar-refractivity contribution in [1.82, 2.24) is 10.5 Å². The summed E-state index contributed by atoms with van der Waals surface area (Å²) in [4.78, 5) is 11.6. The van der Waals surface area contributed by atoms with Gasteiger partial charge in [0.25, 0.3) is 5.91 Å². The lowest BCUT2D eigenvalue weighted by Gasteiger charge is -1.98. The Morgan fingerprint density at radius 3 is 2.94 bits per heavy atom. The third-order valence-electron chi connectivity index (χ3n) is 1.90. The molecule has 0 fully saturated rings. The van der Waals surface area contributed by atoms with Crippen LogP contribution in [0.15, 0.2) is 31.8 Å². The highest BCUT2D eigenvalue weighted by molar-refractivity contribution is 9.10. The molecule has 6 heteroatoms. The summed E-state index contributed by atoms with van der Waals surface area (Å²) in [6.07, 6.45) is 0. The number of aromatic nitrogens is 1. The lowest BCUT2D eigenvalue weighted by Crippen LogP contribution is -2.21. The molecule has 0 atom stereocenters. The van der Waals surface area contributed by atoms with Gasteiger partial charge in [-0.1, -0.05) is 5.16 Å².